The first-order valence-corrected chi connectivity index (χ1v) is 7.05. The van der Waals surface area contributed by atoms with Crippen LogP contribution in [-0.4, -0.2) is 16.1 Å². The zero-order valence-electron chi connectivity index (χ0n) is 12.5. The Morgan fingerprint density at radius 3 is 2.58 bits per heavy atom. The highest BCUT2D eigenvalue weighted by Crippen LogP contribution is 2.22. The SMILES string of the molecule is Cc1cc2ncn(CCCC(C)(C)CN)c2cc1C. The van der Waals surface area contributed by atoms with Crippen LogP contribution in [0.3, 0.4) is 0 Å². The molecule has 19 heavy (non-hydrogen) atoms. The number of benzene rings is 1. The molecule has 0 fully saturated rings. The number of hydrogen-bond donors (Lipinski definition) is 1. The molecule has 0 aliphatic carbocycles. The maximum absolute atomic E-state index is 5.77. The smallest absolute Gasteiger partial charge is 0.0958 e. The normalized spacial score (nSPS) is 12.3. The number of rotatable bonds is 5. The van der Waals surface area contributed by atoms with Gasteiger partial charge in [-0.2, -0.15) is 0 Å². The van der Waals surface area contributed by atoms with Gasteiger partial charge in [0.25, 0.3) is 0 Å². The highest BCUT2D eigenvalue weighted by molar-refractivity contribution is 5.77. The van der Waals surface area contributed by atoms with E-state index in [1.54, 1.807) is 0 Å². The molecule has 104 valence electrons. The third-order valence-corrected chi connectivity index (χ3v) is 4.04. The number of imidazole rings is 1. The van der Waals surface area contributed by atoms with Crippen LogP contribution in [0.1, 0.15) is 37.8 Å². The lowest BCUT2D eigenvalue weighted by molar-refractivity contribution is 0.328. The van der Waals surface area contributed by atoms with E-state index in [-0.39, 0.29) is 5.41 Å². The fourth-order valence-electron chi connectivity index (χ4n) is 2.32. The molecule has 2 rings (SSSR count). The summed E-state index contributed by atoms with van der Waals surface area (Å²) < 4.78 is 2.26. The van der Waals surface area contributed by atoms with Gasteiger partial charge in [0.05, 0.1) is 17.4 Å². The highest BCUT2D eigenvalue weighted by atomic mass is 15.0. The zero-order chi connectivity index (χ0) is 14.0. The molecule has 2 N–H and O–H groups in total. The van der Waals surface area contributed by atoms with E-state index >= 15 is 0 Å². The number of nitrogens with two attached hydrogens (primary N) is 1. The van der Waals surface area contributed by atoms with E-state index in [1.807, 2.05) is 6.33 Å². The first kappa shape index (κ1) is 14.1. The van der Waals surface area contributed by atoms with Crippen molar-refractivity contribution < 1.29 is 0 Å². The molecule has 3 heteroatoms. The van der Waals surface area contributed by atoms with Crippen molar-refractivity contribution >= 4 is 11.0 Å². The van der Waals surface area contributed by atoms with Gasteiger partial charge in [-0.05, 0) is 61.9 Å². The van der Waals surface area contributed by atoms with Crippen LogP contribution in [0.2, 0.25) is 0 Å². The number of fused-ring (bicyclic) bond motifs is 1. The fourth-order valence-corrected chi connectivity index (χ4v) is 2.32. The molecular weight excluding hydrogens is 234 g/mol. The molecule has 3 nitrogen and oxygen atoms in total. The molecule has 0 spiro atoms. The minimum absolute atomic E-state index is 0.239. The van der Waals surface area contributed by atoms with Crippen molar-refractivity contribution in [2.75, 3.05) is 6.54 Å². The second-order valence-corrected chi connectivity index (χ2v) is 6.34. The fraction of sp³-hybridized carbons (Fsp3) is 0.562. The molecule has 0 saturated heterocycles. The summed E-state index contributed by atoms with van der Waals surface area (Å²) in [5.74, 6) is 0. The molecule has 2 aromatic rings. The highest BCUT2D eigenvalue weighted by Gasteiger charge is 2.15. The van der Waals surface area contributed by atoms with Gasteiger partial charge in [-0.3, -0.25) is 0 Å². The molecule has 0 bridgehead atoms. The van der Waals surface area contributed by atoms with Crippen LogP contribution in [0, 0.1) is 19.3 Å². The van der Waals surface area contributed by atoms with Crippen molar-refractivity contribution in [2.24, 2.45) is 11.1 Å². The Morgan fingerprint density at radius 2 is 1.89 bits per heavy atom. The van der Waals surface area contributed by atoms with Crippen LogP contribution in [0.5, 0.6) is 0 Å². The van der Waals surface area contributed by atoms with Crippen molar-refractivity contribution in [3.05, 3.63) is 29.6 Å². The molecule has 0 aliphatic rings. The van der Waals surface area contributed by atoms with Crippen molar-refractivity contribution in [3.8, 4) is 0 Å². The Balaban J connectivity index is 2.11. The van der Waals surface area contributed by atoms with E-state index < -0.39 is 0 Å². The van der Waals surface area contributed by atoms with Crippen molar-refractivity contribution in [2.45, 2.75) is 47.1 Å². The lowest BCUT2D eigenvalue weighted by atomic mass is 9.88. The molecule has 0 radical (unpaired) electrons. The molecular formula is C16H25N3. The van der Waals surface area contributed by atoms with Crippen molar-refractivity contribution in [1.82, 2.24) is 9.55 Å². The van der Waals surface area contributed by atoms with E-state index in [1.165, 1.54) is 16.6 Å². The Labute approximate surface area is 115 Å². The zero-order valence-corrected chi connectivity index (χ0v) is 12.5. The standard InChI is InChI=1S/C16H25N3/c1-12-8-14-15(9-13(12)2)19(11-18-14)7-5-6-16(3,4)10-17/h8-9,11H,5-7,10,17H2,1-4H3. The summed E-state index contributed by atoms with van der Waals surface area (Å²) in [6, 6.07) is 4.41. The first-order chi connectivity index (χ1) is 8.93. The van der Waals surface area contributed by atoms with Gasteiger partial charge in [-0.25, -0.2) is 4.98 Å². The molecule has 1 aromatic heterocycles. The number of aromatic nitrogens is 2. The van der Waals surface area contributed by atoms with Crippen molar-refractivity contribution in [3.63, 3.8) is 0 Å². The van der Waals surface area contributed by atoms with Crippen molar-refractivity contribution in [1.29, 1.82) is 0 Å². The largest absolute Gasteiger partial charge is 0.331 e. The van der Waals surface area contributed by atoms with Crippen LogP contribution in [0.4, 0.5) is 0 Å². The third kappa shape index (κ3) is 3.16. The number of aryl methyl sites for hydroxylation is 3. The Morgan fingerprint density at radius 1 is 1.21 bits per heavy atom. The summed E-state index contributed by atoms with van der Waals surface area (Å²) >= 11 is 0. The van der Waals surface area contributed by atoms with E-state index in [4.69, 9.17) is 5.73 Å². The Bertz CT molecular complexity index is 567. The summed E-state index contributed by atoms with van der Waals surface area (Å²) in [5, 5.41) is 0. The molecule has 0 saturated carbocycles. The molecule has 0 amide bonds. The van der Waals surface area contributed by atoms with E-state index in [0.717, 1.165) is 31.4 Å². The van der Waals surface area contributed by atoms with Gasteiger partial charge in [0, 0.05) is 6.54 Å². The van der Waals surface area contributed by atoms with Gasteiger partial charge in [-0.15, -0.1) is 0 Å². The molecule has 1 aromatic carbocycles. The van der Waals surface area contributed by atoms with Crippen LogP contribution in [0.25, 0.3) is 11.0 Å². The lowest BCUT2D eigenvalue weighted by Gasteiger charge is -2.22. The van der Waals surface area contributed by atoms with Gasteiger partial charge in [0.2, 0.25) is 0 Å². The van der Waals surface area contributed by atoms with Gasteiger partial charge in [0.15, 0.2) is 0 Å². The maximum atomic E-state index is 5.77. The summed E-state index contributed by atoms with van der Waals surface area (Å²) in [5.41, 5.74) is 11.0. The predicted octanol–water partition coefficient (Wildman–Crippen LogP) is 3.42. The molecule has 0 unspecified atom stereocenters. The van der Waals surface area contributed by atoms with Crippen LogP contribution in [0.15, 0.2) is 18.5 Å². The van der Waals surface area contributed by atoms with E-state index in [9.17, 15) is 0 Å². The second kappa shape index (κ2) is 5.33. The Kier molecular flexibility index (Phi) is 3.95. The van der Waals surface area contributed by atoms with Crippen LogP contribution >= 0.6 is 0 Å². The molecule has 1 heterocycles. The van der Waals surface area contributed by atoms with Gasteiger partial charge < -0.3 is 10.3 Å². The monoisotopic (exact) mass is 259 g/mol. The second-order valence-electron chi connectivity index (χ2n) is 6.34. The first-order valence-electron chi connectivity index (χ1n) is 7.05. The number of hydrogen-bond acceptors (Lipinski definition) is 2. The maximum Gasteiger partial charge on any atom is 0.0958 e. The lowest BCUT2D eigenvalue weighted by Crippen LogP contribution is -2.23. The van der Waals surface area contributed by atoms with E-state index in [0.29, 0.717) is 0 Å². The summed E-state index contributed by atoms with van der Waals surface area (Å²) in [7, 11) is 0. The minimum Gasteiger partial charge on any atom is -0.331 e. The molecule has 0 atom stereocenters. The minimum atomic E-state index is 0.239. The van der Waals surface area contributed by atoms with Gasteiger partial charge >= 0.3 is 0 Å². The topological polar surface area (TPSA) is 43.8 Å². The summed E-state index contributed by atoms with van der Waals surface area (Å²) in [6.07, 6.45) is 4.25. The predicted molar refractivity (Wildman–Crippen MR) is 81.3 cm³/mol. The number of nitrogens with zero attached hydrogens (tertiary/aromatic N) is 2. The summed E-state index contributed by atoms with van der Waals surface area (Å²) in [4.78, 5) is 4.49. The van der Waals surface area contributed by atoms with Crippen LogP contribution in [-0.2, 0) is 6.54 Å². The molecule has 0 aliphatic heterocycles. The quantitative estimate of drug-likeness (QED) is 0.894. The van der Waals surface area contributed by atoms with E-state index in [2.05, 4.69) is 49.4 Å². The van der Waals surface area contributed by atoms with Gasteiger partial charge in [0.1, 0.15) is 0 Å². The summed E-state index contributed by atoms with van der Waals surface area (Å²) in [6.45, 7) is 10.5. The average Bonchev–Trinajstić information content (AvgIpc) is 2.73. The van der Waals surface area contributed by atoms with Gasteiger partial charge in [-0.1, -0.05) is 13.8 Å². The third-order valence-electron chi connectivity index (χ3n) is 4.04. The van der Waals surface area contributed by atoms with Crippen LogP contribution < -0.4 is 5.73 Å². The Hall–Kier alpha value is -1.35. The average molecular weight is 259 g/mol.